The molecule has 0 N–H and O–H groups in total. The molecule has 3 aromatic rings. The zero-order chi connectivity index (χ0) is 21.3. The van der Waals surface area contributed by atoms with Gasteiger partial charge < -0.3 is 0 Å². The van der Waals surface area contributed by atoms with E-state index in [-0.39, 0.29) is 16.3 Å². The lowest BCUT2D eigenvalue weighted by atomic mass is 10.0. The first-order chi connectivity index (χ1) is 13.6. The molecule has 3 rings (SSSR count). The van der Waals surface area contributed by atoms with Crippen molar-refractivity contribution < 1.29 is 30.8 Å². The quantitative estimate of drug-likeness (QED) is 0.442. The Morgan fingerprint density at radius 1 is 1.00 bits per heavy atom. The van der Waals surface area contributed by atoms with Gasteiger partial charge in [0.15, 0.2) is 21.4 Å². The van der Waals surface area contributed by atoms with Crippen LogP contribution in [-0.2, 0) is 9.84 Å². The average molecular weight is 427 g/mol. The van der Waals surface area contributed by atoms with Gasteiger partial charge >= 0.3 is 0 Å². The maximum atomic E-state index is 13.8. The number of pyridine rings is 1. The van der Waals surface area contributed by atoms with Crippen molar-refractivity contribution in [1.29, 1.82) is 0 Å². The summed E-state index contributed by atoms with van der Waals surface area (Å²) in [5, 5.41) is 3.49. The molecule has 2 heterocycles. The molecule has 6 nitrogen and oxygen atoms in total. The summed E-state index contributed by atoms with van der Waals surface area (Å²) in [6.45, 7) is 0. The van der Waals surface area contributed by atoms with Crippen LogP contribution in [0.4, 0.5) is 17.6 Å². The van der Waals surface area contributed by atoms with Crippen LogP contribution in [0.3, 0.4) is 0 Å². The predicted octanol–water partition coefficient (Wildman–Crippen LogP) is 3.78. The molecule has 0 aliphatic carbocycles. The van der Waals surface area contributed by atoms with Gasteiger partial charge in [-0.2, -0.15) is 5.10 Å². The number of aromatic nitrogens is 3. The van der Waals surface area contributed by atoms with Crippen molar-refractivity contribution in [1.82, 2.24) is 14.8 Å². The standard InChI is InChI=1S/C18H13F4N3O3S/c1-29(27,28)11-7-8-12(23-9-11)25-15(18(21)22)13(14(24-25)17(19)20)16(26)10-5-3-2-4-6-10/h2-9,17-18H,1H3. The molecule has 2 aromatic heterocycles. The Morgan fingerprint density at radius 3 is 2.14 bits per heavy atom. The Kier molecular flexibility index (Phi) is 5.51. The van der Waals surface area contributed by atoms with Gasteiger partial charge in [-0.15, -0.1) is 0 Å². The highest BCUT2D eigenvalue weighted by atomic mass is 32.2. The highest BCUT2D eigenvalue weighted by molar-refractivity contribution is 7.90. The van der Waals surface area contributed by atoms with E-state index in [1.54, 1.807) is 6.07 Å². The van der Waals surface area contributed by atoms with E-state index < -0.39 is 45.4 Å². The number of hydrogen-bond donors (Lipinski definition) is 0. The second-order valence-electron chi connectivity index (χ2n) is 5.98. The summed E-state index contributed by atoms with van der Waals surface area (Å²) in [6.07, 6.45) is -4.81. The molecular formula is C18H13F4N3O3S. The molecule has 0 saturated heterocycles. The Bertz CT molecular complexity index is 1150. The van der Waals surface area contributed by atoms with Gasteiger partial charge in [0.25, 0.3) is 12.9 Å². The second kappa shape index (κ2) is 7.74. The molecule has 0 atom stereocenters. The van der Waals surface area contributed by atoms with Crippen molar-refractivity contribution in [3.8, 4) is 5.82 Å². The van der Waals surface area contributed by atoms with Crippen molar-refractivity contribution in [2.75, 3.05) is 6.26 Å². The zero-order valence-electron chi connectivity index (χ0n) is 14.8. The van der Waals surface area contributed by atoms with Gasteiger partial charge in [-0.1, -0.05) is 30.3 Å². The lowest BCUT2D eigenvalue weighted by Gasteiger charge is -2.08. The van der Waals surface area contributed by atoms with Gasteiger partial charge in [0, 0.05) is 18.0 Å². The number of ketones is 1. The zero-order valence-corrected chi connectivity index (χ0v) is 15.6. The normalized spacial score (nSPS) is 12.0. The topological polar surface area (TPSA) is 81.9 Å². The van der Waals surface area contributed by atoms with Crippen molar-refractivity contribution in [2.24, 2.45) is 0 Å². The van der Waals surface area contributed by atoms with E-state index in [1.165, 1.54) is 24.3 Å². The van der Waals surface area contributed by atoms with E-state index in [0.29, 0.717) is 4.68 Å². The molecule has 0 bridgehead atoms. The lowest BCUT2D eigenvalue weighted by Crippen LogP contribution is -2.10. The minimum Gasteiger partial charge on any atom is -0.288 e. The van der Waals surface area contributed by atoms with Gasteiger partial charge in [-0.05, 0) is 12.1 Å². The van der Waals surface area contributed by atoms with Crippen LogP contribution >= 0.6 is 0 Å². The average Bonchev–Trinajstić information content (AvgIpc) is 3.08. The summed E-state index contributed by atoms with van der Waals surface area (Å²) in [5.41, 5.74) is -3.12. The summed E-state index contributed by atoms with van der Waals surface area (Å²) in [4.78, 5) is 16.3. The van der Waals surface area contributed by atoms with Gasteiger partial charge in [-0.25, -0.2) is 35.6 Å². The number of sulfone groups is 1. The van der Waals surface area contributed by atoms with Gasteiger partial charge in [0.05, 0.1) is 10.5 Å². The first-order valence-electron chi connectivity index (χ1n) is 8.06. The molecule has 0 radical (unpaired) electrons. The van der Waals surface area contributed by atoms with E-state index in [9.17, 15) is 30.8 Å². The summed E-state index contributed by atoms with van der Waals surface area (Å²) < 4.78 is 78.2. The van der Waals surface area contributed by atoms with Crippen LogP contribution in [0.15, 0.2) is 53.6 Å². The molecule has 0 amide bonds. The predicted molar refractivity (Wildman–Crippen MR) is 94.3 cm³/mol. The Hall–Kier alpha value is -3.08. The van der Waals surface area contributed by atoms with Crippen LogP contribution < -0.4 is 0 Å². The number of hydrogen-bond acceptors (Lipinski definition) is 5. The van der Waals surface area contributed by atoms with Crippen LogP contribution in [0.2, 0.25) is 0 Å². The first-order valence-corrected chi connectivity index (χ1v) is 9.95. The fourth-order valence-corrected chi connectivity index (χ4v) is 3.22. The minimum absolute atomic E-state index is 0.0590. The molecular weight excluding hydrogens is 414 g/mol. The number of alkyl halides is 4. The van der Waals surface area contributed by atoms with Crippen molar-refractivity contribution in [3.63, 3.8) is 0 Å². The van der Waals surface area contributed by atoms with Crippen LogP contribution in [-0.4, -0.2) is 35.2 Å². The number of halogens is 4. The molecule has 0 unspecified atom stereocenters. The third-order valence-corrected chi connectivity index (χ3v) is 5.09. The third kappa shape index (κ3) is 4.04. The minimum atomic E-state index is -3.61. The van der Waals surface area contributed by atoms with Crippen LogP contribution in [0.1, 0.15) is 40.2 Å². The van der Waals surface area contributed by atoms with E-state index in [0.717, 1.165) is 24.6 Å². The van der Waals surface area contributed by atoms with E-state index in [2.05, 4.69) is 10.1 Å². The number of nitrogens with zero attached hydrogens (tertiary/aromatic N) is 3. The van der Waals surface area contributed by atoms with Crippen LogP contribution in [0.5, 0.6) is 0 Å². The highest BCUT2D eigenvalue weighted by Gasteiger charge is 2.34. The highest BCUT2D eigenvalue weighted by Crippen LogP contribution is 2.34. The maximum absolute atomic E-state index is 13.8. The summed E-state index contributed by atoms with van der Waals surface area (Å²) in [5.74, 6) is -1.36. The van der Waals surface area contributed by atoms with Crippen molar-refractivity contribution in [3.05, 3.63) is 71.2 Å². The summed E-state index contributed by atoms with van der Waals surface area (Å²) in [7, 11) is -3.61. The second-order valence-corrected chi connectivity index (χ2v) is 7.99. The summed E-state index contributed by atoms with van der Waals surface area (Å²) >= 11 is 0. The number of carbonyl (C=O) groups excluding carboxylic acids is 1. The molecule has 0 fully saturated rings. The summed E-state index contributed by atoms with van der Waals surface area (Å²) in [6, 6.07) is 9.25. The van der Waals surface area contributed by atoms with Crippen molar-refractivity contribution in [2.45, 2.75) is 17.7 Å². The molecule has 0 aliphatic rings. The van der Waals surface area contributed by atoms with E-state index >= 15 is 0 Å². The third-order valence-electron chi connectivity index (χ3n) is 3.99. The molecule has 1 aromatic carbocycles. The Balaban J connectivity index is 2.23. The maximum Gasteiger partial charge on any atom is 0.282 e. The SMILES string of the molecule is CS(=O)(=O)c1ccc(-n2nc(C(F)F)c(C(=O)c3ccccc3)c2C(F)F)nc1. The largest absolute Gasteiger partial charge is 0.288 e. The molecule has 0 saturated carbocycles. The number of rotatable bonds is 6. The van der Waals surface area contributed by atoms with Gasteiger partial charge in [0.1, 0.15) is 11.4 Å². The van der Waals surface area contributed by atoms with Gasteiger partial charge in [-0.3, -0.25) is 4.79 Å². The monoisotopic (exact) mass is 427 g/mol. The fraction of sp³-hybridized carbons (Fsp3) is 0.167. The molecule has 0 aliphatic heterocycles. The van der Waals surface area contributed by atoms with Crippen LogP contribution in [0, 0.1) is 0 Å². The number of carbonyl (C=O) groups is 1. The van der Waals surface area contributed by atoms with Crippen LogP contribution in [0.25, 0.3) is 5.82 Å². The van der Waals surface area contributed by atoms with Crippen molar-refractivity contribution >= 4 is 15.6 Å². The Morgan fingerprint density at radius 2 is 1.66 bits per heavy atom. The molecule has 152 valence electrons. The molecule has 0 spiro atoms. The van der Waals surface area contributed by atoms with Gasteiger partial charge in [0.2, 0.25) is 0 Å². The first kappa shape index (κ1) is 20.6. The lowest BCUT2D eigenvalue weighted by molar-refractivity contribution is 0.100. The molecule has 29 heavy (non-hydrogen) atoms. The fourth-order valence-electron chi connectivity index (χ4n) is 2.66. The van der Waals surface area contributed by atoms with E-state index in [1.807, 2.05) is 0 Å². The smallest absolute Gasteiger partial charge is 0.282 e. The number of benzene rings is 1. The molecule has 11 heteroatoms. The van der Waals surface area contributed by atoms with E-state index in [4.69, 9.17) is 0 Å². The Labute approximate surface area is 162 Å².